The number of carbonyl (C=O) groups excluding carboxylic acids is 2. The van der Waals surface area contributed by atoms with Gasteiger partial charge in [0.1, 0.15) is 5.56 Å². The molecule has 0 saturated carbocycles. The van der Waals surface area contributed by atoms with E-state index in [1.165, 1.54) is 37.4 Å². The first-order chi connectivity index (χ1) is 12.6. The lowest BCUT2D eigenvalue weighted by Gasteiger charge is -2.14. The molecule has 2 aromatic rings. The number of benzene rings is 2. The van der Waals surface area contributed by atoms with Crippen molar-refractivity contribution in [1.82, 2.24) is 0 Å². The maximum absolute atomic E-state index is 12.6. The van der Waals surface area contributed by atoms with Gasteiger partial charge in [-0.1, -0.05) is 25.1 Å². The van der Waals surface area contributed by atoms with Crippen LogP contribution in [0.15, 0.2) is 42.5 Å². The average Bonchev–Trinajstić information content (AvgIpc) is 2.62. The SMILES string of the molecule is COC(=O)c1cccc(NC(=O)CC(C)c2ccc(C(F)(F)F)cc2)c1O. The molecule has 1 amide bonds. The van der Waals surface area contributed by atoms with E-state index in [0.29, 0.717) is 5.56 Å². The van der Waals surface area contributed by atoms with Crippen LogP contribution in [-0.2, 0) is 15.7 Å². The Morgan fingerprint density at radius 1 is 1.15 bits per heavy atom. The molecular weight excluding hydrogens is 363 g/mol. The van der Waals surface area contributed by atoms with Gasteiger partial charge in [-0.05, 0) is 35.7 Å². The average molecular weight is 381 g/mol. The Labute approximate surface area is 153 Å². The summed E-state index contributed by atoms with van der Waals surface area (Å²) in [7, 11) is 1.17. The van der Waals surface area contributed by atoms with Crippen molar-refractivity contribution in [3.05, 3.63) is 59.2 Å². The van der Waals surface area contributed by atoms with Crippen LogP contribution in [0, 0.1) is 0 Å². The highest BCUT2D eigenvalue weighted by atomic mass is 19.4. The molecule has 0 spiro atoms. The molecule has 5 nitrogen and oxygen atoms in total. The summed E-state index contributed by atoms with van der Waals surface area (Å²) in [6.45, 7) is 1.70. The predicted molar refractivity (Wildman–Crippen MR) is 92.6 cm³/mol. The molecule has 8 heteroatoms. The number of para-hydroxylation sites is 1. The van der Waals surface area contributed by atoms with Gasteiger partial charge in [-0.3, -0.25) is 4.79 Å². The Hall–Kier alpha value is -3.03. The molecule has 1 unspecified atom stereocenters. The topological polar surface area (TPSA) is 75.6 Å². The van der Waals surface area contributed by atoms with Crippen LogP contribution < -0.4 is 5.32 Å². The van der Waals surface area contributed by atoms with E-state index in [-0.39, 0.29) is 23.6 Å². The molecule has 0 bridgehead atoms. The van der Waals surface area contributed by atoms with E-state index in [2.05, 4.69) is 10.1 Å². The van der Waals surface area contributed by atoms with Crippen molar-refractivity contribution in [3.8, 4) is 5.75 Å². The summed E-state index contributed by atoms with van der Waals surface area (Å²) in [5.74, 6) is -1.97. The highest BCUT2D eigenvalue weighted by molar-refractivity contribution is 5.98. The maximum atomic E-state index is 12.6. The first-order valence-electron chi connectivity index (χ1n) is 8.00. The summed E-state index contributed by atoms with van der Waals surface area (Å²) in [6, 6.07) is 8.84. The number of alkyl halides is 3. The quantitative estimate of drug-likeness (QED) is 0.597. The summed E-state index contributed by atoms with van der Waals surface area (Å²) < 4.78 is 42.4. The monoisotopic (exact) mass is 381 g/mol. The van der Waals surface area contributed by atoms with Gasteiger partial charge in [-0.25, -0.2) is 4.79 Å². The van der Waals surface area contributed by atoms with E-state index in [9.17, 15) is 27.9 Å². The Bertz CT molecular complexity index is 832. The van der Waals surface area contributed by atoms with Crippen LogP contribution in [0.2, 0.25) is 0 Å². The van der Waals surface area contributed by atoms with Crippen molar-refractivity contribution in [2.45, 2.75) is 25.4 Å². The number of phenols is 1. The number of phenolic OH excluding ortho intramolecular Hbond substituents is 1. The fourth-order valence-electron chi connectivity index (χ4n) is 2.52. The van der Waals surface area contributed by atoms with Crippen LogP contribution in [0.4, 0.5) is 18.9 Å². The molecule has 144 valence electrons. The lowest BCUT2D eigenvalue weighted by atomic mass is 9.96. The third kappa shape index (κ3) is 4.99. The van der Waals surface area contributed by atoms with E-state index in [1.54, 1.807) is 6.92 Å². The van der Waals surface area contributed by atoms with Gasteiger partial charge in [-0.15, -0.1) is 0 Å². The summed E-state index contributed by atoms with van der Waals surface area (Å²) in [5.41, 5.74) is -0.230. The Morgan fingerprint density at radius 3 is 2.33 bits per heavy atom. The summed E-state index contributed by atoms with van der Waals surface area (Å²) >= 11 is 0. The van der Waals surface area contributed by atoms with Crippen molar-refractivity contribution >= 4 is 17.6 Å². The number of anilines is 1. The van der Waals surface area contributed by atoms with Crippen molar-refractivity contribution in [2.24, 2.45) is 0 Å². The smallest absolute Gasteiger partial charge is 0.416 e. The Balaban J connectivity index is 2.06. The van der Waals surface area contributed by atoms with Crippen molar-refractivity contribution in [1.29, 1.82) is 0 Å². The molecule has 0 fully saturated rings. The highest BCUT2D eigenvalue weighted by Gasteiger charge is 2.30. The summed E-state index contributed by atoms with van der Waals surface area (Å²) in [4.78, 5) is 23.8. The third-order valence-corrected chi connectivity index (χ3v) is 4.01. The number of carbonyl (C=O) groups is 2. The Morgan fingerprint density at radius 2 is 1.78 bits per heavy atom. The second kappa shape index (κ2) is 8.11. The first kappa shape index (κ1) is 20.3. The van der Waals surface area contributed by atoms with Crippen LogP contribution in [0.1, 0.15) is 40.7 Å². The van der Waals surface area contributed by atoms with Gasteiger partial charge in [0.05, 0.1) is 18.4 Å². The zero-order valence-electron chi connectivity index (χ0n) is 14.6. The third-order valence-electron chi connectivity index (χ3n) is 4.01. The summed E-state index contributed by atoms with van der Waals surface area (Å²) in [6.07, 6.45) is -4.44. The zero-order chi connectivity index (χ0) is 20.2. The molecule has 1 atom stereocenters. The van der Waals surface area contributed by atoms with Crippen molar-refractivity contribution in [3.63, 3.8) is 0 Å². The lowest BCUT2D eigenvalue weighted by Crippen LogP contribution is -2.15. The van der Waals surface area contributed by atoms with Gasteiger partial charge in [0.25, 0.3) is 0 Å². The van der Waals surface area contributed by atoms with E-state index in [4.69, 9.17) is 0 Å². The minimum Gasteiger partial charge on any atom is -0.505 e. The highest BCUT2D eigenvalue weighted by Crippen LogP contribution is 2.31. The number of aromatic hydroxyl groups is 1. The van der Waals surface area contributed by atoms with Crippen molar-refractivity contribution < 1.29 is 32.6 Å². The largest absolute Gasteiger partial charge is 0.505 e. The van der Waals surface area contributed by atoms with E-state index in [0.717, 1.165) is 12.1 Å². The van der Waals surface area contributed by atoms with Gasteiger partial charge in [0, 0.05) is 6.42 Å². The van der Waals surface area contributed by atoms with Gasteiger partial charge >= 0.3 is 12.1 Å². The second-order valence-electron chi connectivity index (χ2n) is 5.97. The normalized spacial score (nSPS) is 12.3. The number of nitrogens with one attached hydrogen (secondary N) is 1. The molecule has 2 aromatic carbocycles. The molecular formula is C19H18F3NO4. The van der Waals surface area contributed by atoms with Crippen LogP contribution in [-0.4, -0.2) is 24.1 Å². The van der Waals surface area contributed by atoms with E-state index >= 15 is 0 Å². The van der Waals surface area contributed by atoms with Gasteiger partial charge in [-0.2, -0.15) is 13.2 Å². The zero-order valence-corrected chi connectivity index (χ0v) is 14.6. The van der Waals surface area contributed by atoms with E-state index in [1.807, 2.05) is 0 Å². The van der Waals surface area contributed by atoms with Crippen LogP contribution in [0.3, 0.4) is 0 Å². The fourth-order valence-corrected chi connectivity index (χ4v) is 2.52. The number of ether oxygens (including phenoxy) is 1. The maximum Gasteiger partial charge on any atom is 0.416 e. The molecule has 0 aliphatic rings. The Kier molecular flexibility index (Phi) is 6.09. The van der Waals surface area contributed by atoms with Crippen LogP contribution >= 0.6 is 0 Å². The lowest BCUT2D eigenvalue weighted by molar-refractivity contribution is -0.137. The standard InChI is InChI=1S/C19H18F3NO4/c1-11(12-6-8-13(9-7-12)19(20,21)22)10-16(24)23-15-5-3-4-14(17(15)25)18(26)27-2/h3-9,11,25H,10H2,1-2H3,(H,23,24). The molecule has 27 heavy (non-hydrogen) atoms. The number of halogens is 3. The predicted octanol–water partition coefficient (Wildman–Crippen LogP) is 4.33. The molecule has 0 aliphatic carbocycles. The van der Waals surface area contributed by atoms with Crippen molar-refractivity contribution in [2.75, 3.05) is 12.4 Å². The summed E-state index contributed by atoms with van der Waals surface area (Å²) in [5, 5.41) is 12.6. The van der Waals surface area contributed by atoms with Gasteiger partial charge < -0.3 is 15.2 Å². The number of rotatable bonds is 5. The second-order valence-corrected chi connectivity index (χ2v) is 5.97. The molecule has 0 aliphatic heterocycles. The number of hydrogen-bond donors (Lipinski definition) is 2. The number of hydrogen-bond acceptors (Lipinski definition) is 4. The molecule has 0 aromatic heterocycles. The number of methoxy groups -OCH3 is 1. The minimum absolute atomic E-state index is 0.0206. The van der Waals surface area contributed by atoms with Crippen LogP contribution in [0.25, 0.3) is 0 Å². The molecule has 0 radical (unpaired) electrons. The first-order valence-corrected chi connectivity index (χ1v) is 8.00. The number of esters is 1. The molecule has 2 rings (SSSR count). The molecule has 0 saturated heterocycles. The fraction of sp³-hybridized carbons (Fsp3) is 0.263. The van der Waals surface area contributed by atoms with Crippen LogP contribution in [0.5, 0.6) is 5.75 Å². The van der Waals surface area contributed by atoms with E-state index < -0.39 is 29.4 Å². The molecule has 0 heterocycles. The van der Waals surface area contributed by atoms with Gasteiger partial charge in [0.2, 0.25) is 5.91 Å². The minimum atomic E-state index is -4.42. The number of amides is 1. The molecule has 2 N–H and O–H groups in total. The van der Waals surface area contributed by atoms with Gasteiger partial charge in [0.15, 0.2) is 5.75 Å².